The summed E-state index contributed by atoms with van der Waals surface area (Å²) < 4.78 is 5.25. The molecule has 0 bridgehead atoms. The molecule has 31 heavy (non-hydrogen) atoms. The minimum absolute atomic E-state index is 0.0282. The van der Waals surface area contributed by atoms with Gasteiger partial charge in [-0.3, -0.25) is 14.4 Å². The van der Waals surface area contributed by atoms with Crippen molar-refractivity contribution >= 4 is 34.8 Å². The number of carbonyl (C=O) groups is 4. The Morgan fingerprint density at radius 3 is 2.13 bits per heavy atom. The minimum atomic E-state index is -1.11. The molecule has 0 aliphatic heterocycles. The highest BCUT2D eigenvalue weighted by Crippen LogP contribution is 2.33. The number of hydrogen-bond donors (Lipinski definition) is 2. The van der Waals surface area contributed by atoms with Crippen LogP contribution in [-0.4, -0.2) is 29.5 Å². The van der Waals surface area contributed by atoms with E-state index in [0.717, 1.165) is 0 Å². The summed E-state index contributed by atoms with van der Waals surface area (Å²) in [5, 5.41) is 2.64. The van der Waals surface area contributed by atoms with Crippen molar-refractivity contribution in [2.24, 2.45) is 0 Å². The first-order chi connectivity index (χ1) is 14.9. The van der Waals surface area contributed by atoms with E-state index in [1.165, 1.54) is 19.1 Å². The zero-order chi connectivity index (χ0) is 22.1. The molecule has 154 valence electrons. The van der Waals surface area contributed by atoms with Crippen molar-refractivity contribution in [3.05, 3.63) is 94.5 Å². The molecule has 0 unspecified atom stereocenters. The zero-order valence-electron chi connectivity index (χ0n) is 16.5. The maximum atomic E-state index is 12.9. The second-order valence-corrected chi connectivity index (χ2v) is 7.06. The lowest BCUT2D eigenvalue weighted by molar-refractivity contribution is -0.123. The van der Waals surface area contributed by atoms with Crippen LogP contribution in [0, 0.1) is 0 Å². The van der Waals surface area contributed by atoms with Gasteiger partial charge in [-0.2, -0.15) is 0 Å². The van der Waals surface area contributed by atoms with Gasteiger partial charge in [-0.1, -0.05) is 42.5 Å². The van der Waals surface area contributed by atoms with Crippen LogP contribution in [0.15, 0.2) is 66.7 Å². The van der Waals surface area contributed by atoms with E-state index in [1.807, 2.05) is 6.07 Å². The first-order valence-electron chi connectivity index (χ1n) is 9.56. The van der Waals surface area contributed by atoms with Gasteiger partial charge >= 0.3 is 5.97 Å². The molecule has 3 N–H and O–H groups in total. The number of para-hydroxylation sites is 1. The number of hydrogen-bond acceptors (Lipinski definition) is 6. The summed E-state index contributed by atoms with van der Waals surface area (Å²) in [7, 11) is 0. The van der Waals surface area contributed by atoms with Crippen molar-refractivity contribution < 1.29 is 23.9 Å². The SMILES string of the molecule is C[C@@H](OC(=O)c1ccc2c(c1N)C(=O)c1ccccc1C2=O)C(=O)Nc1ccccc1. The minimum Gasteiger partial charge on any atom is -0.449 e. The number of benzene rings is 3. The molecule has 0 spiro atoms. The summed E-state index contributed by atoms with van der Waals surface area (Å²) in [4.78, 5) is 50.7. The van der Waals surface area contributed by atoms with Gasteiger partial charge in [-0.25, -0.2) is 4.79 Å². The van der Waals surface area contributed by atoms with Crippen molar-refractivity contribution in [1.29, 1.82) is 0 Å². The van der Waals surface area contributed by atoms with Gasteiger partial charge in [0.2, 0.25) is 0 Å². The highest BCUT2D eigenvalue weighted by molar-refractivity contribution is 6.30. The summed E-state index contributed by atoms with van der Waals surface area (Å²) in [5.41, 5.74) is 7.07. The Kier molecular flexibility index (Phi) is 5.09. The number of nitrogens with one attached hydrogen (secondary N) is 1. The van der Waals surface area contributed by atoms with Crippen LogP contribution in [0.1, 0.15) is 49.1 Å². The molecule has 0 saturated heterocycles. The number of nitrogen functional groups attached to an aromatic ring is 1. The summed E-state index contributed by atoms with van der Waals surface area (Å²) in [6.45, 7) is 1.43. The van der Waals surface area contributed by atoms with Crippen molar-refractivity contribution in [3.8, 4) is 0 Å². The molecule has 7 heteroatoms. The van der Waals surface area contributed by atoms with Crippen LogP contribution in [0.3, 0.4) is 0 Å². The largest absolute Gasteiger partial charge is 0.449 e. The normalized spacial score (nSPS) is 13.1. The molecule has 1 aliphatic carbocycles. The fraction of sp³-hybridized carbons (Fsp3) is 0.0833. The van der Waals surface area contributed by atoms with E-state index < -0.39 is 23.8 Å². The van der Waals surface area contributed by atoms with Gasteiger partial charge in [0.25, 0.3) is 5.91 Å². The lowest BCUT2D eigenvalue weighted by atomic mass is 9.82. The van der Waals surface area contributed by atoms with Crippen LogP contribution in [0.4, 0.5) is 11.4 Å². The van der Waals surface area contributed by atoms with Gasteiger partial charge in [-0.05, 0) is 31.2 Å². The van der Waals surface area contributed by atoms with Crippen LogP contribution in [0.2, 0.25) is 0 Å². The average Bonchev–Trinajstić information content (AvgIpc) is 2.77. The smallest absolute Gasteiger partial charge is 0.341 e. The van der Waals surface area contributed by atoms with E-state index in [4.69, 9.17) is 10.5 Å². The van der Waals surface area contributed by atoms with E-state index in [2.05, 4.69) is 5.32 Å². The average molecular weight is 414 g/mol. The van der Waals surface area contributed by atoms with Crippen LogP contribution < -0.4 is 11.1 Å². The van der Waals surface area contributed by atoms with E-state index >= 15 is 0 Å². The lowest BCUT2D eigenvalue weighted by Crippen LogP contribution is -2.30. The molecule has 3 aromatic rings. The number of anilines is 2. The second-order valence-electron chi connectivity index (χ2n) is 7.06. The Bertz CT molecular complexity index is 1230. The quantitative estimate of drug-likeness (QED) is 0.391. The molecule has 7 nitrogen and oxygen atoms in total. The van der Waals surface area contributed by atoms with Crippen LogP contribution in [-0.2, 0) is 9.53 Å². The molecule has 0 saturated carbocycles. The predicted molar refractivity (Wildman–Crippen MR) is 114 cm³/mol. The predicted octanol–water partition coefficient (Wildman–Crippen LogP) is 3.23. The Morgan fingerprint density at radius 2 is 1.45 bits per heavy atom. The van der Waals surface area contributed by atoms with Crippen molar-refractivity contribution in [2.75, 3.05) is 11.1 Å². The molecule has 4 rings (SSSR count). The molecule has 0 heterocycles. The summed E-state index contributed by atoms with van der Waals surface area (Å²) in [6, 6.07) is 17.9. The number of ketones is 2. The van der Waals surface area contributed by atoms with Gasteiger partial charge in [0.15, 0.2) is 17.7 Å². The number of nitrogens with two attached hydrogens (primary N) is 1. The van der Waals surface area contributed by atoms with Crippen LogP contribution in [0.5, 0.6) is 0 Å². The number of carbonyl (C=O) groups excluding carboxylic acids is 4. The molecule has 1 atom stereocenters. The van der Waals surface area contributed by atoms with Crippen LogP contribution in [0.25, 0.3) is 0 Å². The van der Waals surface area contributed by atoms with Gasteiger partial charge in [0, 0.05) is 22.4 Å². The maximum absolute atomic E-state index is 12.9. The fourth-order valence-electron chi connectivity index (χ4n) is 3.43. The van der Waals surface area contributed by atoms with Crippen molar-refractivity contribution in [3.63, 3.8) is 0 Å². The molecule has 1 amide bonds. The third-order valence-corrected chi connectivity index (χ3v) is 5.05. The van der Waals surface area contributed by atoms with E-state index in [0.29, 0.717) is 11.3 Å². The van der Waals surface area contributed by atoms with Gasteiger partial charge < -0.3 is 15.8 Å². The number of fused-ring (bicyclic) bond motifs is 2. The number of rotatable bonds is 4. The number of amides is 1. The molecule has 1 aliphatic rings. The van der Waals surface area contributed by atoms with E-state index in [9.17, 15) is 19.2 Å². The van der Waals surface area contributed by atoms with Gasteiger partial charge in [0.05, 0.1) is 16.8 Å². The third-order valence-electron chi connectivity index (χ3n) is 5.05. The Labute approximate surface area is 177 Å². The Balaban J connectivity index is 1.58. The number of esters is 1. The molecular weight excluding hydrogens is 396 g/mol. The first kappa shape index (κ1) is 20.0. The molecule has 0 radical (unpaired) electrons. The Hall–Kier alpha value is -4.26. The fourth-order valence-corrected chi connectivity index (χ4v) is 3.43. The summed E-state index contributed by atoms with van der Waals surface area (Å²) >= 11 is 0. The molecule has 0 aromatic heterocycles. The maximum Gasteiger partial charge on any atom is 0.341 e. The van der Waals surface area contributed by atoms with Crippen molar-refractivity contribution in [2.45, 2.75) is 13.0 Å². The zero-order valence-corrected chi connectivity index (χ0v) is 16.5. The topological polar surface area (TPSA) is 116 Å². The van der Waals surface area contributed by atoms with E-state index in [1.54, 1.807) is 48.5 Å². The lowest BCUT2D eigenvalue weighted by Gasteiger charge is -2.20. The highest BCUT2D eigenvalue weighted by Gasteiger charge is 2.33. The monoisotopic (exact) mass is 414 g/mol. The summed E-state index contributed by atoms with van der Waals surface area (Å²) in [6.07, 6.45) is -1.11. The van der Waals surface area contributed by atoms with Gasteiger partial charge in [0.1, 0.15) is 0 Å². The second kappa shape index (κ2) is 7.87. The third kappa shape index (κ3) is 3.57. The first-order valence-corrected chi connectivity index (χ1v) is 9.56. The van der Waals surface area contributed by atoms with Crippen LogP contribution >= 0.6 is 0 Å². The highest BCUT2D eigenvalue weighted by atomic mass is 16.5. The Morgan fingerprint density at radius 1 is 0.839 bits per heavy atom. The standard InChI is InChI=1S/C24H18N2O5/c1-13(23(29)26-14-7-3-2-4-8-14)31-24(30)18-12-11-17-19(20(18)25)22(28)16-10-6-5-9-15(16)21(17)27/h2-13H,25H2,1H3,(H,26,29)/t13-/m1/s1. The summed E-state index contributed by atoms with van der Waals surface area (Å²) in [5.74, 6) is -2.16. The molecular formula is C24H18N2O5. The molecule has 3 aromatic carbocycles. The van der Waals surface area contributed by atoms with Crippen molar-refractivity contribution in [1.82, 2.24) is 0 Å². The van der Waals surface area contributed by atoms with E-state index in [-0.39, 0.29) is 33.7 Å². The number of ether oxygens (including phenoxy) is 1. The van der Waals surface area contributed by atoms with Gasteiger partial charge in [-0.15, -0.1) is 0 Å². The molecule has 0 fully saturated rings.